The molecule has 6 nitrogen and oxygen atoms in total. The van der Waals surface area contributed by atoms with Gasteiger partial charge in [0, 0.05) is 19.0 Å². The summed E-state index contributed by atoms with van der Waals surface area (Å²) in [7, 11) is -3.67. The SMILES string of the molecule is Cc1ccc(OCCNC(=O)C2CCN(S(=O)(=O)c3ccc(F)cc3)CC2)cc1. The van der Waals surface area contributed by atoms with Gasteiger partial charge in [-0.1, -0.05) is 17.7 Å². The third kappa shape index (κ3) is 5.55. The van der Waals surface area contributed by atoms with Gasteiger partial charge in [0.05, 0.1) is 11.4 Å². The number of halogens is 1. The number of hydrogen-bond acceptors (Lipinski definition) is 4. The minimum atomic E-state index is -3.67. The Labute approximate surface area is 170 Å². The molecule has 1 N–H and O–H groups in total. The molecular formula is C21H25FN2O4S. The Bertz CT molecular complexity index is 922. The van der Waals surface area contributed by atoms with Crippen LogP contribution >= 0.6 is 0 Å². The predicted octanol–water partition coefficient (Wildman–Crippen LogP) is 2.73. The van der Waals surface area contributed by atoms with Crippen molar-refractivity contribution < 1.29 is 22.3 Å². The maximum Gasteiger partial charge on any atom is 0.243 e. The molecule has 0 aromatic heterocycles. The van der Waals surface area contributed by atoms with Crippen LogP contribution in [0.4, 0.5) is 4.39 Å². The quantitative estimate of drug-likeness (QED) is 0.699. The van der Waals surface area contributed by atoms with Crippen molar-refractivity contribution in [3.05, 3.63) is 59.9 Å². The molecule has 1 aliphatic rings. The first-order chi connectivity index (χ1) is 13.9. The van der Waals surface area contributed by atoms with E-state index in [1.54, 1.807) is 0 Å². The van der Waals surface area contributed by atoms with Crippen molar-refractivity contribution in [2.24, 2.45) is 5.92 Å². The van der Waals surface area contributed by atoms with Crippen molar-refractivity contribution in [1.82, 2.24) is 9.62 Å². The van der Waals surface area contributed by atoms with Crippen LogP contribution in [0.1, 0.15) is 18.4 Å². The van der Waals surface area contributed by atoms with Crippen LogP contribution in [0.5, 0.6) is 5.75 Å². The monoisotopic (exact) mass is 420 g/mol. The molecule has 0 spiro atoms. The number of benzene rings is 2. The minimum Gasteiger partial charge on any atom is -0.492 e. The molecule has 2 aromatic rings. The Morgan fingerprint density at radius 2 is 1.72 bits per heavy atom. The van der Waals surface area contributed by atoms with E-state index in [9.17, 15) is 17.6 Å². The van der Waals surface area contributed by atoms with Gasteiger partial charge in [0.2, 0.25) is 15.9 Å². The minimum absolute atomic E-state index is 0.0649. The number of nitrogens with zero attached hydrogens (tertiary/aromatic N) is 1. The van der Waals surface area contributed by atoms with Crippen LogP contribution in [0.25, 0.3) is 0 Å². The molecule has 29 heavy (non-hydrogen) atoms. The number of nitrogens with one attached hydrogen (secondary N) is 1. The van der Waals surface area contributed by atoms with Crippen molar-refractivity contribution in [3.63, 3.8) is 0 Å². The maximum absolute atomic E-state index is 13.0. The highest BCUT2D eigenvalue weighted by atomic mass is 32.2. The first-order valence-corrected chi connectivity index (χ1v) is 11.0. The maximum atomic E-state index is 13.0. The van der Waals surface area contributed by atoms with Crippen LogP contribution in [0.2, 0.25) is 0 Å². The van der Waals surface area contributed by atoms with Crippen LogP contribution in [-0.2, 0) is 14.8 Å². The molecule has 0 unspecified atom stereocenters. The zero-order valence-corrected chi connectivity index (χ0v) is 17.1. The number of carbonyl (C=O) groups is 1. The highest BCUT2D eigenvalue weighted by molar-refractivity contribution is 7.89. The van der Waals surface area contributed by atoms with Gasteiger partial charge in [0.15, 0.2) is 0 Å². The lowest BCUT2D eigenvalue weighted by Gasteiger charge is -2.30. The molecule has 1 fully saturated rings. The number of hydrogen-bond donors (Lipinski definition) is 1. The van der Waals surface area contributed by atoms with E-state index in [0.717, 1.165) is 23.4 Å². The van der Waals surface area contributed by atoms with Gasteiger partial charge >= 0.3 is 0 Å². The standard InChI is InChI=1S/C21H25FN2O4S/c1-16-2-6-19(7-3-16)28-15-12-23-21(25)17-10-13-24(14-11-17)29(26,27)20-8-4-18(22)5-9-20/h2-9,17H,10-15H2,1H3,(H,23,25). The van der Waals surface area contributed by atoms with Crippen molar-refractivity contribution in [1.29, 1.82) is 0 Å². The Morgan fingerprint density at radius 1 is 1.10 bits per heavy atom. The number of aryl methyl sites for hydroxylation is 1. The fourth-order valence-electron chi connectivity index (χ4n) is 3.24. The Kier molecular flexibility index (Phi) is 6.87. The summed E-state index contributed by atoms with van der Waals surface area (Å²) in [5.74, 6) is -0.0415. The largest absolute Gasteiger partial charge is 0.492 e. The summed E-state index contributed by atoms with van der Waals surface area (Å²) in [5, 5.41) is 2.85. The third-order valence-electron chi connectivity index (χ3n) is 4.97. The summed E-state index contributed by atoms with van der Waals surface area (Å²) in [6.45, 7) is 3.28. The summed E-state index contributed by atoms with van der Waals surface area (Å²) in [5.41, 5.74) is 1.15. The molecule has 0 bridgehead atoms. The molecule has 0 radical (unpaired) electrons. The van der Waals surface area contributed by atoms with Gasteiger partial charge in [-0.3, -0.25) is 4.79 Å². The summed E-state index contributed by atoms with van der Waals surface area (Å²) < 4.78 is 45.2. The number of sulfonamides is 1. The van der Waals surface area contributed by atoms with Crippen LogP contribution in [0.15, 0.2) is 53.4 Å². The molecule has 0 aliphatic carbocycles. The summed E-state index contributed by atoms with van der Waals surface area (Å²) >= 11 is 0. The van der Waals surface area contributed by atoms with Crippen molar-refractivity contribution in [2.45, 2.75) is 24.7 Å². The molecule has 156 valence electrons. The first kappa shape index (κ1) is 21.3. The van der Waals surface area contributed by atoms with E-state index < -0.39 is 15.8 Å². The average molecular weight is 421 g/mol. The van der Waals surface area contributed by atoms with E-state index in [1.165, 1.54) is 16.4 Å². The number of ether oxygens (including phenoxy) is 1. The molecule has 1 heterocycles. The second kappa shape index (κ2) is 9.37. The number of carbonyl (C=O) groups excluding carboxylic acids is 1. The summed E-state index contributed by atoms with van der Waals surface area (Å²) in [4.78, 5) is 12.4. The summed E-state index contributed by atoms with van der Waals surface area (Å²) in [6.07, 6.45) is 0.899. The van der Waals surface area contributed by atoms with Crippen molar-refractivity contribution in [3.8, 4) is 5.75 Å². The van der Waals surface area contributed by atoms with Gasteiger partial charge in [0.1, 0.15) is 18.2 Å². The van der Waals surface area contributed by atoms with Gasteiger partial charge in [-0.15, -0.1) is 0 Å². The number of amides is 1. The van der Waals surface area contributed by atoms with Gasteiger partial charge in [-0.05, 0) is 56.2 Å². The Hall–Kier alpha value is -2.45. The van der Waals surface area contributed by atoms with Crippen LogP contribution < -0.4 is 10.1 Å². The molecule has 3 rings (SSSR count). The Morgan fingerprint density at radius 3 is 2.34 bits per heavy atom. The molecule has 1 saturated heterocycles. The summed E-state index contributed by atoms with van der Waals surface area (Å²) in [6, 6.07) is 12.5. The first-order valence-electron chi connectivity index (χ1n) is 9.59. The fraction of sp³-hybridized carbons (Fsp3) is 0.381. The van der Waals surface area contributed by atoms with Gasteiger partial charge in [-0.2, -0.15) is 4.31 Å². The lowest BCUT2D eigenvalue weighted by molar-refractivity contribution is -0.126. The predicted molar refractivity (Wildman–Crippen MR) is 108 cm³/mol. The van der Waals surface area contributed by atoms with Gasteiger partial charge in [-0.25, -0.2) is 12.8 Å². The Balaban J connectivity index is 1.43. The van der Waals surface area contributed by atoms with E-state index in [2.05, 4.69) is 5.32 Å². The lowest BCUT2D eigenvalue weighted by Crippen LogP contribution is -2.43. The number of piperidine rings is 1. The van der Waals surface area contributed by atoms with E-state index in [0.29, 0.717) is 26.0 Å². The van der Waals surface area contributed by atoms with E-state index in [4.69, 9.17) is 4.74 Å². The number of rotatable bonds is 7. The molecule has 0 saturated carbocycles. The van der Waals surface area contributed by atoms with Gasteiger partial charge in [0.25, 0.3) is 0 Å². The average Bonchev–Trinajstić information content (AvgIpc) is 2.73. The highest BCUT2D eigenvalue weighted by Gasteiger charge is 2.31. The van der Waals surface area contributed by atoms with E-state index in [1.807, 2.05) is 31.2 Å². The van der Waals surface area contributed by atoms with Crippen LogP contribution in [0, 0.1) is 18.7 Å². The normalized spacial score (nSPS) is 15.8. The molecule has 0 atom stereocenters. The van der Waals surface area contributed by atoms with Crippen molar-refractivity contribution >= 4 is 15.9 Å². The second-order valence-electron chi connectivity index (χ2n) is 7.08. The van der Waals surface area contributed by atoms with Crippen molar-refractivity contribution in [2.75, 3.05) is 26.2 Å². The second-order valence-corrected chi connectivity index (χ2v) is 9.02. The van der Waals surface area contributed by atoms with Gasteiger partial charge < -0.3 is 10.1 Å². The topological polar surface area (TPSA) is 75.7 Å². The molecule has 8 heteroatoms. The fourth-order valence-corrected chi connectivity index (χ4v) is 4.71. The lowest BCUT2D eigenvalue weighted by atomic mass is 9.97. The smallest absolute Gasteiger partial charge is 0.243 e. The zero-order valence-electron chi connectivity index (χ0n) is 16.3. The van der Waals surface area contributed by atoms with Crippen LogP contribution in [0.3, 0.4) is 0 Å². The highest BCUT2D eigenvalue weighted by Crippen LogP contribution is 2.24. The molecule has 2 aromatic carbocycles. The molecule has 1 amide bonds. The third-order valence-corrected chi connectivity index (χ3v) is 6.88. The van der Waals surface area contributed by atoms with Crippen LogP contribution in [-0.4, -0.2) is 44.9 Å². The van der Waals surface area contributed by atoms with E-state index in [-0.39, 0.29) is 29.8 Å². The van der Waals surface area contributed by atoms with E-state index >= 15 is 0 Å². The molecular weight excluding hydrogens is 395 g/mol. The molecule has 1 aliphatic heterocycles. The zero-order chi connectivity index (χ0) is 20.9.